The summed E-state index contributed by atoms with van der Waals surface area (Å²) >= 11 is 0. The number of alkyl halides is 3. The lowest BCUT2D eigenvalue weighted by atomic mass is 9.84. The average molecular weight is 207 g/mol. The lowest BCUT2D eigenvalue weighted by Gasteiger charge is -2.31. The van der Waals surface area contributed by atoms with Crippen molar-refractivity contribution in [2.45, 2.75) is 19.5 Å². The zero-order chi connectivity index (χ0) is 9.12. The highest BCUT2D eigenvalue weighted by Gasteiger charge is 2.51. The number of hydrogen-bond acceptors (Lipinski definition) is 2. The van der Waals surface area contributed by atoms with E-state index in [9.17, 15) is 13.2 Å². The largest absolute Gasteiger partial charge is 0.396 e. The molecule has 0 atom stereocenters. The van der Waals surface area contributed by atoms with Gasteiger partial charge < -0.3 is 11.5 Å². The van der Waals surface area contributed by atoms with Crippen molar-refractivity contribution in [1.82, 2.24) is 0 Å². The SMILES string of the molecule is CCC(CN)(CN)C(F)(F)F.Cl. The van der Waals surface area contributed by atoms with Gasteiger partial charge in [-0.1, -0.05) is 6.92 Å². The second kappa shape index (κ2) is 4.89. The summed E-state index contributed by atoms with van der Waals surface area (Å²) in [6, 6.07) is 0. The molecule has 0 rings (SSSR count). The van der Waals surface area contributed by atoms with Crippen molar-refractivity contribution in [2.75, 3.05) is 13.1 Å². The van der Waals surface area contributed by atoms with Crippen LogP contribution in [0.1, 0.15) is 13.3 Å². The molecule has 2 nitrogen and oxygen atoms in total. The quantitative estimate of drug-likeness (QED) is 0.731. The van der Waals surface area contributed by atoms with Gasteiger partial charge in [-0.2, -0.15) is 13.2 Å². The van der Waals surface area contributed by atoms with Gasteiger partial charge in [-0.25, -0.2) is 0 Å². The summed E-state index contributed by atoms with van der Waals surface area (Å²) in [6.07, 6.45) is -4.35. The Labute approximate surface area is 75.9 Å². The average Bonchev–Trinajstić information content (AvgIpc) is 1.90. The maximum Gasteiger partial charge on any atom is 0.396 e. The molecule has 0 aromatic carbocycles. The van der Waals surface area contributed by atoms with Crippen LogP contribution >= 0.6 is 12.4 Å². The van der Waals surface area contributed by atoms with Crippen LogP contribution in [0.2, 0.25) is 0 Å². The predicted molar refractivity (Wildman–Crippen MR) is 44.1 cm³/mol. The summed E-state index contributed by atoms with van der Waals surface area (Å²) in [6.45, 7) is 0.556. The summed E-state index contributed by atoms with van der Waals surface area (Å²) in [5.41, 5.74) is 8.15. The second-order valence-corrected chi connectivity index (χ2v) is 2.54. The summed E-state index contributed by atoms with van der Waals surface area (Å²) in [4.78, 5) is 0. The Balaban J connectivity index is 0. The zero-order valence-corrected chi connectivity index (χ0v) is 7.63. The van der Waals surface area contributed by atoms with Gasteiger partial charge in [-0.15, -0.1) is 12.4 Å². The third-order valence-corrected chi connectivity index (χ3v) is 2.06. The Morgan fingerprint density at radius 3 is 1.42 bits per heavy atom. The molecule has 12 heavy (non-hydrogen) atoms. The van der Waals surface area contributed by atoms with Gasteiger partial charge in [0.25, 0.3) is 0 Å². The topological polar surface area (TPSA) is 52.0 Å². The summed E-state index contributed by atoms with van der Waals surface area (Å²) in [7, 11) is 0. The summed E-state index contributed by atoms with van der Waals surface area (Å²) in [5.74, 6) is 0. The Hall–Kier alpha value is -0.0000000000000000555. The molecule has 0 aromatic heterocycles. The van der Waals surface area contributed by atoms with E-state index in [0.29, 0.717) is 0 Å². The van der Waals surface area contributed by atoms with Crippen LogP contribution in [0.25, 0.3) is 0 Å². The van der Waals surface area contributed by atoms with Crippen LogP contribution in [0.5, 0.6) is 0 Å². The fraction of sp³-hybridized carbons (Fsp3) is 1.00. The smallest absolute Gasteiger partial charge is 0.330 e. The fourth-order valence-electron chi connectivity index (χ4n) is 0.804. The van der Waals surface area contributed by atoms with E-state index in [2.05, 4.69) is 0 Å². The number of rotatable bonds is 3. The first-order valence-electron chi connectivity index (χ1n) is 3.40. The van der Waals surface area contributed by atoms with Crippen LogP contribution in [-0.2, 0) is 0 Å². The van der Waals surface area contributed by atoms with Crippen molar-refractivity contribution in [3.63, 3.8) is 0 Å². The molecule has 0 aliphatic heterocycles. The van der Waals surface area contributed by atoms with Crippen LogP contribution in [0, 0.1) is 5.41 Å². The first kappa shape index (κ1) is 14.5. The van der Waals surface area contributed by atoms with Gasteiger partial charge in [-0.05, 0) is 6.42 Å². The fourth-order valence-corrected chi connectivity index (χ4v) is 0.804. The Kier molecular flexibility index (Phi) is 5.92. The first-order valence-corrected chi connectivity index (χ1v) is 3.40. The van der Waals surface area contributed by atoms with Crippen LogP contribution < -0.4 is 11.5 Å². The molecular formula is C6H14ClF3N2. The van der Waals surface area contributed by atoms with Crippen molar-refractivity contribution in [3.8, 4) is 0 Å². The molecule has 0 saturated carbocycles. The molecule has 0 bridgehead atoms. The number of nitrogens with two attached hydrogens (primary N) is 2. The third kappa shape index (κ3) is 2.50. The van der Waals surface area contributed by atoms with E-state index in [1.165, 1.54) is 6.92 Å². The van der Waals surface area contributed by atoms with E-state index in [4.69, 9.17) is 11.5 Å². The molecule has 0 heterocycles. The standard InChI is InChI=1S/C6H13F3N2.ClH/c1-2-5(3-10,4-11)6(7,8)9;/h2-4,10-11H2,1H3;1H. The van der Waals surface area contributed by atoms with E-state index in [-0.39, 0.29) is 18.8 Å². The van der Waals surface area contributed by atoms with Crippen molar-refractivity contribution >= 4 is 12.4 Å². The minimum atomic E-state index is -4.29. The lowest BCUT2D eigenvalue weighted by molar-refractivity contribution is -0.218. The van der Waals surface area contributed by atoms with Gasteiger partial charge in [0.05, 0.1) is 5.41 Å². The summed E-state index contributed by atoms with van der Waals surface area (Å²) in [5, 5.41) is 0. The van der Waals surface area contributed by atoms with Gasteiger partial charge in [0.2, 0.25) is 0 Å². The minimum Gasteiger partial charge on any atom is -0.330 e. The first-order chi connectivity index (χ1) is 4.93. The molecule has 0 fully saturated rings. The highest BCUT2D eigenvalue weighted by molar-refractivity contribution is 5.85. The minimum absolute atomic E-state index is 0. The lowest BCUT2D eigenvalue weighted by Crippen LogP contribution is -2.49. The predicted octanol–water partition coefficient (Wildman–Crippen LogP) is 1.28. The second-order valence-electron chi connectivity index (χ2n) is 2.54. The Bertz CT molecular complexity index is 114. The summed E-state index contributed by atoms with van der Waals surface area (Å²) < 4.78 is 36.6. The Morgan fingerprint density at radius 2 is 1.42 bits per heavy atom. The molecule has 0 unspecified atom stereocenters. The van der Waals surface area contributed by atoms with Crippen LogP contribution in [0.15, 0.2) is 0 Å². The van der Waals surface area contributed by atoms with Crippen molar-refractivity contribution < 1.29 is 13.2 Å². The highest BCUT2D eigenvalue weighted by atomic mass is 35.5. The maximum absolute atomic E-state index is 12.2. The van der Waals surface area contributed by atoms with E-state index in [1.807, 2.05) is 0 Å². The molecule has 0 saturated heterocycles. The van der Waals surface area contributed by atoms with Crippen molar-refractivity contribution in [3.05, 3.63) is 0 Å². The normalized spacial score (nSPS) is 12.5. The van der Waals surface area contributed by atoms with E-state index >= 15 is 0 Å². The van der Waals surface area contributed by atoms with Gasteiger partial charge in [0, 0.05) is 13.1 Å². The van der Waals surface area contributed by atoms with E-state index in [0.717, 1.165) is 0 Å². The third-order valence-electron chi connectivity index (χ3n) is 2.06. The molecular weight excluding hydrogens is 193 g/mol. The number of hydrogen-bond donors (Lipinski definition) is 2. The molecule has 0 aliphatic rings. The molecule has 0 aromatic rings. The highest BCUT2D eigenvalue weighted by Crippen LogP contribution is 2.39. The molecule has 76 valence electrons. The molecule has 6 heteroatoms. The van der Waals surface area contributed by atoms with Gasteiger partial charge in [0.1, 0.15) is 0 Å². The van der Waals surface area contributed by atoms with Crippen LogP contribution in [-0.4, -0.2) is 19.3 Å². The molecule has 4 N–H and O–H groups in total. The molecule has 0 spiro atoms. The van der Waals surface area contributed by atoms with Crippen LogP contribution in [0.3, 0.4) is 0 Å². The molecule has 0 aliphatic carbocycles. The molecule has 0 amide bonds. The van der Waals surface area contributed by atoms with Gasteiger partial charge in [0.15, 0.2) is 0 Å². The monoisotopic (exact) mass is 206 g/mol. The molecule has 0 radical (unpaired) electrons. The van der Waals surface area contributed by atoms with Crippen molar-refractivity contribution in [2.24, 2.45) is 16.9 Å². The van der Waals surface area contributed by atoms with Gasteiger partial charge >= 0.3 is 6.18 Å². The van der Waals surface area contributed by atoms with Crippen LogP contribution in [0.4, 0.5) is 13.2 Å². The Morgan fingerprint density at radius 1 is 1.08 bits per heavy atom. The maximum atomic E-state index is 12.2. The van der Waals surface area contributed by atoms with Crippen molar-refractivity contribution in [1.29, 1.82) is 0 Å². The van der Waals surface area contributed by atoms with Gasteiger partial charge in [-0.3, -0.25) is 0 Å². The van der Waals surface area contributed by atoms with E-state index < -0.39 is 24.7 Å². The zero-order valence-electron chi connectivity index (χ0n) is 6.82. The van der Waals surface area contributed by atoms with E-state index in [1.54, 1.807) is 0 Å². The number of halogens is 4.